The van der Waals surface area contributed by atoms with Crippen molar-refractivity contribution in [3.05, 3.63) is 41.4 Å². The minimum Gasteiger partial charge on any atom is -0.439 e. The van der Waals surface area contributed by atoms with E-state index in [1.165, 1.54) is 6.20 Å². The predicted molar refractivity (Wildman–Crippen MR) is 92.0 cm³/mol. The van der Waals surface area contributed by atoms with Crippen molar-refractivity contribution >= 4 is 29.4 Å². The van der Waals surface area contributed by atoms with Crippen LogP contribution in [0.4, 0.5) is 4.79 Å². The topological polar surface area (TPSA) is 83.7 Å². The smallest absolute Gasteiger partial charge is 0.334 e. The molecule has 134 valence electrons. The molecule has 0 spiro atoms. The molecule has 26 heavy (non-hydrogen) atoms. The normalized spacial score (nSPS) is 18.4. The Bertz CT molecular complexity index is 871. The molecule has 2 fully saturated rings. The highest BCUT2D eigenvalue weighted by Gasteiger charge is 2.48. The molecule has 7 nitrogen and oxygen atoms in total. The lowest BCUT2D eigenvalue weighted by atomic mass is 10.2. The summed E-state index contributed by atoms with van der Waals surface area (Å²) < 4.78 is 5.63. The first-order valence-corrected chi connectivity index (χ1v) is 8.82. The van der Waals surface area contributed by atoms with Gasteiger partial charge in [0.05, 0.1) is 6.20 Å². The van der Waals surface area contributed by atoms with E-state index in [9.17, 15) is 14.4 Å². The molecule has 1 aliphatic carbocycles. The van der Waals surface area contributed by atoms with Crippen LogP contribution in [0.15, 0.2) is 34.9 Å². The summed E-state index contributed by atoms with van der Waals surface area (Å²) in [7, 11) is 0. The van der Waals surface area contributed by atoms with Gasteiger partial charge in [-0.2, -0.15) is 0 Å². The molecule has 1 aromatic heterocycles. The van der Waals surface area contributed by atoms with Gasteiger partial charge in [0.25, 0.3) is 0 Å². The summed E-state index contributed by atoms with van der Waals surface area (Å²) in [5, 5.41) is 0.604. The first-order valence-electron chi connectivity index (χ1n) is 8.44. The zero-order chi connectivity index (χ0) is 18.3. The zero-order valence-electron chi connectivity index (χ0n) is 13.9. The summed E-state index contributed by atoms with van der Waals surface area (Å²) in [5.74, 6) is -0.896. The number of imide groups is 2. The molecule has 1 aliphatic heterocycles. The summed E-state index contributed by atoms with van der Waals surface area (Å²) >= 11 is 5.87. The lowest BCUT2D eigenvalue weighted by molar-refractivity contribution is -0.144. The van der Waals surface area contributed by atoms with Crippen molar-refractivity contribution in [3.8, 4) is 11.3 Å². The first kappa shape index (κ1) is 16.8. The number of amides is 4. The fraction of sp³-hybridized carbons (Fsp3) is 0.333. The maximum Gasteiger partial charge on any atom is 0.334 e. The number of benzene rings is 1. The quantitative estimate of drug-likeness (QED) is 0.607. The van der Waals surface area contributed by atoms with Crippen LogP contribution in [0.5, 0.6) is 0 Å². The van der Waals surface area contributed by atoms with Gasteiger partial charge in [0, 0.05) is 16.6 Å². The van der Waals surface area contributed by atoms with Crippen LogP contribution in [-0.4, -0.2) is 38.7 Å². The molecule has 0 radical (unpaired) electrons. The minimum atomic E-state index is -0.826. The van der Waals surface area contributed by atoms with E-state index >= 15 is 0 Å². The molecule has 4 rings (SSSR count). The van der Waals surface area contributed by atoms with Crippen molar-refractivity contribution in [1.29, 1.82) is 0 Å². The largest absolute Gasteiger partial charge is 0.439 e. The van der Waals surface area contributed by atoms with Crippen LogP contribution < -0.4 is 0 Å². The van der Waals surface area contributed by atoms with Crippen molar-refractivity contribution in [2.24, 2.45) is 0 Å². The maximum atomic E-state index is 12.6. The third kappa shape index (κ3) is 2.88. The van der Waals surface area contributed by atoms with E-state index in [-0.39, 0.29) is 18.5 Å². The van der Waals surface area contributed by atoms with Gasteiger partial charge in [-0.15, -0.1) is 0 Å². The van der Waals surface area contributed by atoms with Gasteiger partial charge in [0.2, 0.25) is 5.89 Å². The van der Waals surface area contributed by atoms with Crippen LogP contribution in [0.25, 0.3) is 11.3 Å². The van der Waals surface area contributed by atoms with Crippen LogP contribution in [0.2, 0.25) is 5.02 Å². The molecule has 1 saturated carbocycles. The van der Waals surface area contributed by atoms with Gasteiger partial charge in [-0.05, 0) is 37.1 Å². The lowest BCUT2D eigenvalue weighted by Crippen LogP contribution is -2.39. The molecule has 2 aromatic rings. The van der Waals surface area contributed by atoms with E-state index in [0.717, 1.165) is 41.0 Å². The Morgan fingerprint density at radius 3 is 2.46 bits per heavy atom. The number of aromatic nitrogens is 1. The highest BCUT2D eigenvalue weighted by Crippen LogP contribution is 2.29. The Balaban J connectivity index is 1.52. The monoisotopic (exact) mass is 373 g/mol. The number of hydrogen-bond donors (Lipinski definition) is 0. The van der Waals surface area contributed by atoms with Crippen LogP contribution in [0, 0.1) is 0 Å². The van der Waals surface area contributed by atoms with E-state index < -0.39 is 17.8 Å². The molecule has 4 amide bonds. The summed E-state index contributed by atoms with van der Waals surface area (Å²) in [5.41, 5.74) is 0.774. The average molecular weight is 374 g/mol. The fourth-order valence-corrected chi connectivity index (χ4v) is 3.54. The molecule has 0 N–H and O–H groups in total. The van der Waals surface area contributed by atoms with E-state index in [0.29, 0.717) is 10.8 Å². The lowest BCUT2D eigenvalue weighted by Gasteiger charge is -2.20. The van der Waals surface area contributed by atoms with Gasteiger partial charge < -0.3 is 4.42 Å². The van der Waals surface area contributed by atoms with Gasteiger partial charge in [0.1, 0.15) is 6.54 Å². The van der Waals surface area contributed by atoms with Crippen LogP contribution in [-0.2, 0) is 16.1 Å². The molecular formula is C18H16ClN3O4. The maximum absolute atomic E-state index is 12.6. The van der Waals surface area contributed by atoms with Crippen LogP contribution in [0.3, 0.4) is 0 Å². The Kier molecular flexibility index (Phi) is 4.24. The van der Waals surface area contributed by atoms with Crippen molar-refractivity contribution in [2.45, 2.75) is 38.3 Å². The number of urea groups is 1. The molecule has 0 bridgehead atoms. The number of carbonyl (C=O) groups is 3. The Morgan fingerprint density at radius 2 is 1.77 bits per heavy atom. The molecule has 2 aliphatic rings. The molecular weight excluding hydrogens is 358 g/mol. The number of halogens is 1. The predicted octanol–water partition coefficient (Wildman–Crippen LogP) is 3.23. The van der Waals surface area contributed by atoms with Gasteiger partial charge in [-0.1, -0.05) is 24.4 Å². The summed E-state index contributed by atoms with van der Waals surface area (Å²) in [6.45, 7) is -0.166. The highest BCUT2D eigenvalue weighted by atomic mass is 35.5. The van der Waals surface area contributed by atoms with Gasteiger partial charge in [-0.25, -0.2) is 14.7 Å². The number of oxazole rings is 1. The van der Waals surface area contributed by atoms with Crippen LogP contribution in [0.1, 0.15) is 31.6 Å². The van der Waals surface area contributed by atoms with Crippen molar-refractivity contribution in [2.75, 3.05) is 0 Å². The standard InChI is InChI=1S/C18H16ClN3O4/c19-12-7-5-11(6-8-12)14-9-20-15(26-14)10-21-16(23)17(24)22(18(21)25)13-3-1-2-4-13/h5-9,13H,1-4,10H2. The molecule has 0 atom stereocenters. The molecule has 2 heterocycles. The Morgan fingerprint density at radius 1 is 1.08 bits per heavy atom. The number of rotatable bonds is 4. The van der Waals surface area contributed by atoms with E-state index in [1.54, 1.807) is 24.3 Å². The van der Waals surface area contributed by atoms with Crippen molar-refractivity contribution < 1.29 is 18.8 Å². The van der Waals surface area contributed by atoms with Crippen LogP contribution >= 0.6 is 11.6 Å². The first-order chi connectivity index (χ1) is 12.5. The highest BCUT2D eigenvalue weighted by molar-refractivity contribution is 6.44. The number of nitrogens with zero attached hydrogens (tertiary/aromatic N) is 3. The summed E-state index contributed by atoms with van der Waals surface area (Å²) in [4.78, 5) is 43.1. The van der Waals surface area contributed by atoms with E-state index in [2.05, 4.69) is 4.98 Å². The molecule has 1 saturated heterocycles. The third-order valence-electron chi connectivity index (χ3n) is 4.75. The number of carbonyl (C=O) groups excluding carboxylic acids is 3. The Hall–Kier alpha value is -2.67. The second kappa shape index (κ2) is 6.57. The number of hydrogen-bond acceptors (Lipinski definition) is 5. The van der Waals surface area contributed by atoms with Crippen molar-refractivity contribution in [1.82, 2.24) is 14.8 Å². The second-order valence-corrected chi connectivity index (χ2v) is 6.85. The molecule has 1 aromatic carbocycles. The fourth-order valence-electron chi connectivity index (χ4n) is 3.41. The minimum absolute atomic E-state index is 0.166. The summed E-state index contributed by atoms with van der Waals surface area (Å²) in [6, 6.07) is 6.25. The average Bonchev–Trinajstić information content (AvgIpc) is 3.35. The van der Waals surface area contributed by atoms with Gasteiger partial charge >= 0.3 is 17.8 Å². The van der Waals surface area contributed by atoms with Crippen molar-refractivity contribution in [3.63, 3.8) is 0 Å². The van der Waals surface area contributed by atoms with E-state index in [4.69, 9.17) is 16.0 Å². The summed E-state index contributed by atoms with van der Waals surface area (Å²) in [6.07, 6.45) is 4.93. The van der Waals surface area contributed by atoms with E-state index in [1.807, 2.05) is 0 Å². The van der Waals surface area contributed by atoms with Gasteiger partial charge in [0.15, 0.2) is 5.76 Å². The second-order valence-electron chi connectivity index (χ2n) is 6.41. The zero-order valence-corrected chi connectivity index (χ0v) is 14.6. The molecule has 8 heteroatoms. The third-order valence-corrected chi connectivity index (χ3v) is 5.00. The molecule has 0 unspecified atom stereocenters. The van der Waals surface area contributed by atoms with Gasteiger partial charge in [-0.3, -0.25) is 14.5 Å². The Labute approximate surface area is 154 Å². The SMILES string of the molecule is O=C1C(=O)N(C2CCCC2)C(=O)N1Cc1ncc(-c2ccc(Cl)cc2)o1.